The van der Waals surface area contributed by atoms with Gasteiger partial charge in [0.15, 0.2) is 5.58 Å². The first-order valence-corrected chi connectivity index (χ1v) is 6.59. The van der Waals surface area contributed by atoms with Gasteiger partial charge in [0.25, 0.3) is 0 Å². The minimum absolute atomic E-state index is 0.105. The van der Waals surface area contributed by atoms with Crippen molar-refractivity contribution in [1.29, 1.82) is 0 Å². The summed E-state index contributed by atoms with van der Waals surface area (Å²) in [4.78, 5) is 11.5. The van der Waals surface area contributed by atoms with Crippen LogP contribution in [0.15, 0.2) is 27.4 Å². The van der Waals surface area contributed by atoms with Gasteiger partial charge in [0.1, 0.15) is 0 Å². The maximum Gasteiger partial charge on any atom is 0.419 e. The number of aromatic nitrogens is 1. The smallest absolute Gasteiger partial charge is 0.408 e. The first-order chi connectivity index (χ1) is 9.21. The number of oxazole rings is 1. The van der Waals surface area contributed by atoms with Crippen molar-refractivity contribution in [2.45, 2.75) is 5.41 Å². The largest absolute Gasteiger partial charge is 0.419 e. The normalized spacial score (nSPS) is 22.2. The minimum Gasteiger partial charge on any atom is -0.408 e. The van der Waals surface area contributed by atoms with Crippen molar-refractivity contribution in [1.82, 2.24) is 9.88 Å². The van der Waals surface area contributed by atoms with Gasteiger partial charge < -0.3 is 14.5 Å². The van der Waals surface area contributed by atoms with Crippen molar-refractivity contribution >= 4 is 11.1 Å². The second kappa shape index (κ2) is 3.71. The number of fused-ring (bicyclic) bond motifs is 1. The Morgan fingerprint density at radius 2 is 2.16 bits per heavy atom. The maximum absolute atomic E-state index is 11.5. The van der Waals surface area contributed by atoms with Gasteiger partial charge in [0, 0.05) is 25.6 Å². The second-order valence-electron chi connectivity index (χ2n) is 5.61. The molecular formula is C14H16N2O3. The standard InChI is InChI=1S/C14H16N2O3/c1-16-11-3-2-9(4-12(11)19-13(16)17)14(7-18-8-14)10-5-15-6-10/h2-4,10,15H,5-8H2,1H3. The predicted octanol–water partition coefficient (Wildman–Crippen LogP) is 0.619. The molecule has 0 atom stereocenters. The van der Waals surface area contributed by atoms with Gasteiger partial charge in [-0.05, 0) is 23.6 Å². The van der Waals surface area contributed by atoms with E-state index in [0.29, 0.717) is 11.5 Å². The van der Waals surface area contributed by atoms with Crippen molar-refractivity contribution < 1.29 is 9.15 Å². The number of hydrogen-bond donors (Lipinski definition) is 1. The van der Waals surface area contributed by atoms with Crippen LogP contribution in [0.2, 0.25) is 0 Å². The quantitative estimate of drug-likeness (QED) is 0.860. The van der Waals surface area contributed by atoms with Crippen LogP contribution in [0.1, 0.15) is 5.56 Å². The molecular weight excluding hydrogens is 244 g/mol. The van der Waals surface area contributed by atoms with Crippen LogP contribution in [0, 0.1) is 5.92 Å². The molecule has 3 heterocycles. The van der Waals surface area contributed by atoms with Gasteiger partial charge in [0.2, 0.25) is 0 Å². The van der Waals surface area contributed by atoms with Crippen LogP contribution in [0.3, 0.4) is 0 Å². The molecule has 0 aliphatic carbocycles. The molecule has 2 aromatic rings. The molecule has 0 saturated carbocycles. The fourth-order valence-electron chi connectivity index (χ4n) is 3.08. The molecule has 0 unspecified atom stereocenters. The molecule has 2 aliphatic rings. The zero-order valence-electron chi connectivity index (χ0n) is 10.8. The number of benzene rings is 1. The Morgan fingerprint density at radius 1 is 1.37 bits per heavy atom. The van der Waals surface area contributed by atoms with Crippen molar-refractivity contribution in [2.24, 2.45) is 13.0 Å². The van der Waals surface area contributed by atoms with Crippen LogP contribution in [0.5, 0.6) is 0 Å². The van der Waals surface area contributed by atoms with Gasteiger partial charge in [-0.25, -0.2) is 4.79 Å². The van der Waals surface area contributed by atoms with E-state index in [1.165, 1.54) is 10.1 Å². The lowest BCUT2D eigenvalue weighted by atomic mass is 9.66. The molecule has 1 N–H and O–H groups in total. The Balaban J connectivity index is 1.84. The van der Waals surface area contributed by atoms with E-state index in [-0.39, 0.29) is 11.2 Å². The topological polar surface area (TPSA) is 56.4 Å². The lowest BCUT2D eigenvalue weighted by Gasteiger charge is -2.51. The van der Waals surface area contributed by atoms with Crippen LogP contribution in [0.4, 0.5) is 0 Å². The van der Waals surface area contributed by atoms with E-state index >= 15 is 0 Å². The van der Waals surface area contributed by atoms with E-state index in [9.17, 15) is 4.79 Å². The predicted molar refractivity (Wildman–Crippen MR) is 70.3 cm³/mol. The first-order valence-electron chi connectivity index (χ1n) is 6.59. The Hall–Kier alpha value is -1.59. The van der Waals surface area contributed by atoms with Gasteiger partial charge >= 0.3 is 5.76 Å². The summed E-state index contributed by atoms with van der Waals surface area (Å²) in [7, 11) is 1.73. The molecule has 1 aromatic heterocycles. The number of ether oxygens (including phenoxy) is 1. The second-order valence-corrected chi connectivity index (χ2v) is 5.61. The molecule has 0 amide bonds. The highest BCUT2D eigenvalue weighted by Gasteiger charge is 2.49. The number of rotatable bonds is 2. The Kier molecular flexibility index (Phi) is 2.20. The lowest BCUT2D eigenvalue weighted by molar-refractivity contribution is -0.101. The third-order valence-electron chi connectivity index (χ3n) is 4.65. The molecule has 2 fully saturated rings. The van der Waals surface area contributed by atoms with Crippen molar-refractivity contribution in [3.05, 3.63) is 34.3 Å². The van der Waals surface area contributed by atoms with E-state index < -0.39 is 0 Å². The summed E-state index contributed by atoms with van der Waals surface area (Å²) in [5.41, 5.74) is 2.85. The van der Waals surface area contributed by atoms with Gasteiger partial charge in [-0.3, -0.25) is 4.57 Å². The monoisotopic (exact) mass is 260 g/mol. The van der Waals surface area contributed by atoms with Crippen molar-refractivity contribution in [3.8, 4) is 0 Å². The Bertz CT molecular complexity index is 692. The van der Waals surface area contributed by atoms with E-state index in [1.54, 1.807) is 7.05 Å². The zero-order chi connectivity index (χ0) is 13.0. The number of hydrogen-bond acceptors (Lipinski definition) is 4. The SMILES string of the molecule is Cn1c(=O)oc2cc(C3(C4CNC4)COC3)ccc21. The molecule has 2 aliphatic heterocycles. The third kappa shape index (κ3) is 1.40. The van der Waals surface area contributed by atoms with Crippen LogP contribution in [0.25, 0.3) is 11.1 Å². The fourth-order valence-corrected chi connectivity index (χ4v) is 3.08. The molecule has 100 valence electrons. The van der Waals surface area contributed by atoms with E-state index in [0.717, 1.165) is 31.8 Å². The molecule has 4 rings (SSSR count). The van der Waals surface area contributed by atoms with Crippen LogP contribution in [-0.4, -0.2) is 30.9 Å². The highest BCUT2D eigenvalue weighted by Crippen LogP contribution is 2.42. The summed E-state index contributed by atoms with van der Waals surface area (Å²) in [6, 6.07) is 6.09. The number of aryl methyl sites for hydroxylation is 1. The number of nitrogens with one attached hydrogen (secondary N) is 1. The molecule has 5 heteroatoms. The summed E-state index contributed by atoms with van der Waals surface area (Å²) in [6.07, 6.45) is 0. The van der Waals surface area contributed by atoms with E-state index in [1.807, 2.05) is 12.1 Å². The van der Waals surface area contributed by atoms with Gasteiger partial charge in [-0.2, -0.15) is 0 Å². The summed E-state index contributed by atoms with van der Waals surface area (Å²) in [5.74, 6) is 0.311. The number of nitrogens with zero attached hydrogens (tertiary/aromatic N) is 1. The Morgan fingerprint density at radius 3 is 2.74 bits per heavy atom. The van der Waals surface area contributed by atoms with Gasteiger partial charge in [-0.1, -0.05) is 6.07 Å². The third-order valence-corrected chi connectivity index (χ3v) is 4.65. The van der Waals surface area contributed by atoms with Gasteiger partial charge in [-0.15, -0.1) is 0 Å². The summed E-state index contributed by atoms with van der Waals surface area (Å²) >= 11 is 0. The van der Waals surface area contributed by atoms with E-state index in [2.05, 4.69) is 11.4 Å². The van der Waals surface area contributed by atoms with Crippen LogP contribution in [-0.2, 0) is 17.2 Å². The first kappa shape index (κ1) is 11.3. The molecule has 0 radical (unpaired) electrons. The molecule has 0 bridgehead atoms. The van der Waals surface area contributed by atoms with Crippen LogP contribution < -0.4 is 11.1 Å². The van der Waals surface area contributed by atoms with Crippen molar-refractivity contribution in [2.75, 3.05) is 26.3 Å². The molecule has 5 nitrogen and oxygen atoms in total. The highest BCUT2D eigenvalue weighted by molar-refractivity contribution is 5.74. The highest BCUT2D eigenvalue weighted by atomic mass is 16.5. The summed E-state index contributed by atoms with van der Waals surface area (Å²) in [6.45, 7) is 3.62. The molecule has 19 heavy (non-hydrogen) atoms. The molecule has 1 aromatic carbocycles. The average Bonchev–Trinajstić information content (AvgIpc) is 2.57. The summed E-state index contributed by atoms with van der Waals surface area (Å²) in [5, 5.41) is 3.32. The van der Waals surface area contributed by atoms with E-state index in [4.69, 9.17) is 9.15 Å². The molecule has 2 saturated heterocycles. The minimum atomic E-state index is -0.309. The van der Waals surface area contributed by atoms with Gasteiger partial charge in [0.05, 0.1) is 18.7 Å². The lowest BCUT2D eigenvalue weighted by Crippen LogP contribution is -2.62. The van der Waals surface area contributed by atoms with Crippen molar-refractivity contribution in [3.63, 3.8) is 0 Å². The zero-order valence-corrected chi connectivity index (χ0v) is 10.8. The molecule has 0 spiro atoms. The fraction of sp³-hybridized carbons (Fsp3) is 0.500. The Labute approximate surface area is 110 Å². The summed E-state index contributed by atoms with van der Waals surface area (Å²) < 4.78 is 12.3. The maximum atomic E-state index is 11.5. The average molecular weight is 260 g/mol. The van der Waals surface area contributed by atoms with Crippen LogP contribution >= 0.6 is 0 Å².